The first-order valence-electron chi connectivity index (χ1n) is 6.55. The first kappa shape index (κ1) is 12.8. The summed E-state index contributed by atoms with van der Waals surface area (Å²) in [6.07, 6.45) is 1.52. The van der Waals surface area contributed by atoms with Gasteiger partial charge in [-0.1, -0.05) is 12.1 Å². The van der Waals surface area contributed by atoms with Crippen molar-refractivity contribution in [3.05, 3.63) is 46.8 Å². The second-order valence-corrected chi connectivity index (χ2v) is 4.67. The Kier molecular flexibility index (Phi) is 3.47. The SMILES string of the molecule is O=c1ncc(N2CCNCC2)c(-c2ccccc2F)[nH]1. The minimum Gasteiger partial charge on any atom is -0.366 e. The van der Waals surface area contributed by atoms with Gasteiger partial charge in [0.25, 0.3) is 0 Å². The molecule has 0 radical (unpaired) electrons. The zero-order valence-electron chi connectivity index (χ0n) is 10.9. The van der Waals surface area contributed by atoms with Gasteiger partial charge in [0.15, 0.2) is 0 Å². The molecule has 104 valence electrons. The first-order chi connectivity index (χ1) is 9.75. The number of aromatic nitrogens is 2. The van der Waals surface area contributed by atoms with Crippen LogP contribution in [0.5, 0.6) is 0 Å². The van der Waals surface area contributed by atoms with Crippen molar-refractivity contribution >= 4 is 5.69 Å². The molecule has 1 aromatic carbocycles. The Morgan fingerprint density at radius 1 is 1.20 bits per heavy atom. The Labute approximate surface area is 115 Å². The smallest absolute Gasteiger partial charge is 0.345 e. The van der Waals surface area contributed by atoms with Crippen LogP contribution in [-0.2, 0) is 0 Å². The molecule has 1 saturated heterocycles. The number of aromatic amines is 1. The van der Waals surface area contributed by atoms with E-state index < -0.39 is 5.69 Å². The highest BCUT2D eigenvalue weighted by Crippen LogP contribution is 2.29. The third kappa shape index (κ3) is 2.42. The zero-order valence-corrected chi connectivity index (χ0v) is 10.9. The number of hydrogen-bond donors (Lipinski definition) is 2. The summed E-state index contributed by atoms with van der Waals surface area (Å²) in [6, 6.07) is 6.42. The van der Waals surface area contributed by atoms with E-state index in [1.54, 1.807) is 18.2 Å². The van der Waals surface area contributed by atoms with Gasteiger partial charge in [-0.15, -0.1) is 0 Å². The van der Waals surface area contributed by atoms with Crippen molar-refractivity contribution in [3.63, 3.8) is 0 Å². The van der Waals surface area contributed by atoms with Crippen LogP contribution < -0.4 is 15.9 Å². The summed E-state index contributed by atoms with van der Waals surface area (Å²) in [5.41, 5.74) is 1.17. The van der Waals surface area contributed by atoms with Crippen molar-refractivity contribution in [2.24, 2.45) is 0 Å². The van der Waals surface area contributed by atoms with Crippen LogP contribution in [0.15, 0.2) is 35.3 Å². The van der Waals surface area contributed by atoms with Crippen molar-refractivity contribution in [1.29, 1.82) is 0 Å². The number of rotatable bonds is 2. The van der Waals surface area contributed by atoms with Gasteiger partial charge in [0.05, 0.1) is 17.6 Å². The summed E-state index contributed by atoms with van der Waals surface area (Å²) in [7, 11) is 0. The topological polar surface area (TPSA) is 61.0 Å². The second kappa shape index (κ2) is 5.42. The maximum Gasteiger partial charge on any atom is 0.345 e. The number of piperazine rings is 1. The molecular weight excluding hydrogens is 259 g/mol. The Morgan fingerprint density at radius 2 is 1.95 bits per heavy atom. The quantitative estimate of drug-likeness (QED) is 0.857. The average Bonchev–Trinajstić information content (AvgIpc) is 2.48. The van der Waals surface area contributed by atoms with Gasteiger partial charge in [-0.3, -0.25) is 0 Å². The monoisotopic (exact) mass is 274 g/mol. The highest BCUT2D eigenvalue weighted by atomic mass is 19.1. The Balaban J connectivity index is 2.11. The number of benzene rings is 1. The Morgan fingerprint density at radius 3 is 2.70 bits per heavy atom. The van der Waals surface area contributed by atoms with E-state index in [-0.39, 0.29) is 5.82 Å². The summed E-state index contributed by atoms with van der Waals surface area (Å²) in [4.78, 5) is 20.0. The van der Waals surface area contributed by atoms with Crippen LogP contribution in [0.25, 0.3) is 11.3 Å². The van der Waals surface area contributed by atoms with E-state index in [0.29, 0.717) is 11.3 Å². The number of anilines is 1. The predicted octanol–water partition coefficient (Wildman–Crippen LogP) is 0.986. The van der Waals surface area contributed by atoms with Crippen LogP contribution in [0, 0.1) is 5.82 Å². The molecule has 0 unspecified atom stereocenters. The lowest BCUT2D eigenvalue weighted by atomic mass is 10.1. The third-order valence-corrected chi connectivity index (χ3v) is 3.39. The molecule has 0 atom stereocenters. The average molecular weight is 274 g/mol. The van der Waals surface area contributed by atoms with Gasteiger partial charge in [0, 0.05) is 31.7 Å². The molecule has 1 aromatic heterocycles. The molecule has 2 heterocycles. The van der Waals surface area contributed by atoms with Crippen LogP contribution in [0.3, 0.4) is 0 Å². The lowest BCUT2D eigenvalue weighted by Gasteiger charge is -2.30. The number of halogens is 1. The lowest BCUT2D eigenvalue weighted by molar-refractivity contribution is 0.587. The van der Waals surface area contributed by atoms with E-state index in [4.69, 9.17) is 0 Å². The molecule has 0 aliphatic carbocycles. The fraction of sp³-hybridized carbons (Fsp3) is 0.286. The van der Waals surface area contributed by atoms with Gasteiger partial charge < -0.3 is 15.2 Å². The molecule has 0 bridgehead atoms. The highest BCUT2D eigenvalue weighted by molar-refractivity contribution is 5.74. The Hall–Kier alpha value is -2.21. The summed E-state index contributed by atoms with van der Waals surface area (Å²) >= 11 is 0. The van der Waals surface area contributed by atoms with Crippen LogP contribution in [0.2, 0.25) is 0 Å². The van der Waals surface area contributed by atoms with Gasteiger partial charge in [0.1, 0.15) is 5.82 Å². The summed E-state index contributed by atoms with van der Waals surface area (Å²) in [5.74, 6) is -0.356. The van der Waals surface area contributed by atoms with E-state index in [1.807, 2.05) is 0 Å². The fourth-order valence-electron chi connectivity index (χ4n) is 2.40. The maximum atomic E-state index is 14.0. The third-order valence-electron chi connectivity index (χ3n) is 3.39. The molecule has 3 rings (SSSR count). The van der Waals surface area contributed by atoms with E-state index in [2.05, 4.69) is 20.2 Å². The lowest BCUT2D eigenvalue weighted by Crippen LogP contribution is -2.44. The van der Waals surface area contributed by atoms with Crippen LogP contribution >= 0.6 is 0 Å². The fourth-order valence-corrected chi connectivity index (χ4v) is 2.40. The van der Waals surface area contributed by atoms with Crippen LogP contribution in [-0.4, -0.2) is 36.1 Å². The van der Waals surface area contributed by atoms with Crippen molar-refractivity contribution in [2.45, 2.75) is 0 Å². The standard InChI is InChI=1S/C14H15FN4O/c15-11-4-2-1-3-10(11)13-12(9-17-14(20)18-13)19-7-5-16-6-8-19/h1-4,9,16H,5-8H2,(H,17,18,20). The molecule has 20 heavy (non-hydrogen) atoms. The molecule has 1 aliphatic rings. The van der Waals surface area contributed by atoms with Crippen molar-refractivity contribution in [1.82, 2.24) is 15.3 Å². The molecule has 5 nitrogen and oxygen atoms in total. The normalized spacial score (nSPS) is 15.3. The van der Waals surface area contributed by atoms with E-state index in [0.717, 1.165) is 31.9 Å². The minimum atomic E-state index is -0.470. The second-order valence-electron chi connectivity index (χ2n) is 4.67. The van der Waals surface area contributed by atoms with E-state index in [1.165, 1.54) is 12.3 Å². The molecule has 0 spiro atoms. The van der Waals surface area contributed by atoms with Gasteiger partial charge in [0.2, 0.25) is 0 Å². The molecular formula is C14H15FN4O. The van der Waals surface area contributed by atoms with E-state index in [9.17, 15) is 9.18 Å². The molecule has 6 heteroatoms. The number of nitrogens with one attached hydrogen (secondary N) is 2. The molecule has 1 aliphatic heterocycles. The molecule has 2 N–H and O–H groups in total. The van der Waals surface area contributed by atoms with E-state index >= 15 is 0 Å². The molecule has 2 aromatic rings. The first-order valence-corrected chi connectivity index (χ1v) is 6.55. The summed E-state index contributed by atoms with van der Waals surface area (Å²) in [5, 5.41) is 3.26. The Bertz CT molecular complexity index is 664. The number of hydrogen-bond acceptors (Lipinski definition) is 4. The van der Waals surface area contributed by atoms with Crippen LogP contribution in [0.1, 0.15) is 0 Å². The summed E-state index contributed by atoms with van der Waals surface area (Å²) < 4.78 is 14.0. The maximum absolute atomic E-state index is 14.0. The van der Waals surface area contributed by atoms with Gasteiger partial charge in [-0.25, -0.2) is 9.18 Å². The zero-order chi connectivity index (χ0) is 13.9. The summed E-state index contributed by atoms with van der Waals surface area (Å²) in [6.45, 7) is 3.32. The van der Waals surface area contributed by atoms with Crippen molar-refractivity contribution < 1.29 is 4.39 Å². The highest BCUT2D eigenvalue weighted by Gasteiger charge is 2.18. The van der Waals surface area contributed by atoms with Crippen LogP contribution in [0.4, 0.5) is 10.1 Å². The van der Waals surface area contributed by atoms with Crippen molar-refractivity contribution in [2.75, 3.05) is 31.1 Å². The number of nitrogens with zero attached hydrogens (tertiary/aromatic N) is 2. The van der Waals surface area contributed by atoms with Crippen molar-refractivity contribution in [3.8, 4) is 11.3 Å². The number of H-pyrrole nitrogens is 1. The van der Waals surface area contributed by atoms with Gasteiger partial charge in [-0.2, -0.15) is 4.98 Å². The largest absolute Gasteiger partial charge is 0.366 e. The molecule has 0 amide bonds. The van der Waals surface area contributed by atoms with Gasteiger partial charge >= 0.3 is 5.69 Å². The predicted molar refractivity (Wildman–Crippen MR) is 75.3 cm³/mol. The minimum absolute atomic E-state index is 0.356. The molecule has 0 saturated carbocycles. The van der Waals surface area contributed by atoms with Gasteiger partial charge in [-0.05, 0) is 12.1 Å². The molecule has 1 fully saturated rings.